The molecule has 1 atom stereocenters. The van der Waals surface area contributed by atoms with Gasteiger partial charge >= 0.3 is 6.18 Å². The van der Waals surface area contributed by atoms with Crippen LogP contribution in [-0.2, 0) is 6.18 Å². The largest absolute Gasteiger partial charge is 0.479 e. The molecule has 13 heteroatoms. The Hall–Kier alpha value is -4.58. The van der Waals surface area contributed by atoms with Gasteiger partial charge in [-0.2, -0.15) is 13.2 Å². The minimum Gasteiger partial charge on any atom is -0.479 e. The Bertz CT molecular complexity index is 1730. The van der Waals surface area contributed by atoms with Gasteiger partial charge < -0.3 is 15.4 Å². The van der Waals surface area contributed by atoms with E-state index in [9.17, 15) is 35.9 Å². The molecule has 1 unspecified atom stereocenters. The predicted molar refractivity (Wildman–Crippen MR) is 136 cm³/mol. The second-order valence-corrected chi connectivity index (χ2v) is 9.36. The van der Waals surface area contributed by atoms with Crippen molar-refractivity contribution in [2.75, 3.05) is 12.4 Å². The van der Waals surface area contributed by atoms with Crippen molar-refractivity contribution in [3.63, 3.8) is 0 Å². The fourth-order valence-corrected chi connectivity index (χ4v) is 4.71. The van der Waals surface area contributed by atoms with Crippen LogP contribution in [0.5, 0.6) is 5.88 Å². The number of carbonyl (C=O) groups excluding carboxylic acids is 2. The van der Waals surface area contributed by atoms with Crippen LogP contribution in [0.2, 0.25) is 5.02 Å². The summed E-state index contributed by atoms with van der Waals surface area (Å²) in [6.07, 6.45) is -3.69. The zero-order chi connectivity index (χ0) is 29.6. The Morgan fingerprint density at radius 2 is 1.76 bits per heavy atom. The quantitative estimate of drug-likeness (QED) is 0.247. The number of methoxy groups -OCH3 is 1. The summed E-state index contributed by atoms with van der Waals surface area (Å²) < 4.78 is 87.2. The first kappa shape index (κ1) is 28.0. The molecular formula is C28H16ClF6N3O3. The predicted octanol–water partition coefficient (Wildman–Crippen LogP) is 6.93. The molecule has 4 aromatic rings. The number of alkyl halides is 3. The van der Waals surface area contributed by atoms with E-state index in [4.69, 9.17) is 16.3 Å². The number of hydrogen-bond acceptors (Lipinski definition) is 4. The van der Waals surface area contributed by atoms with Gasteiger partial charge in [-0.1, -0.05) is 11.6 Å². The molecule has 0 spiro atoms. The van der Waals surface area contributed by atoms with Crippen molar-refractivity contribution in [1.29, 1.82) is 0 Å². The van der Waals surface area contributed by atoms with Crippen LogP contribution >= 0.6 is 11.6 Å². The fraction of sp³-hybridized carbons (Fsp3) is 0.107. The SMILES string of the molecule is COc1ncc(-c2cc(NC(=O)c3cc(F)cc(C(F)(F)F)c3)c3c(c2)C(=O)NC3c2cc(F)ccc2Cl)cc1F. The number of benzene rings is 3. The molecule has 1 aliphatic heterocycles. The molecule has 2 amide bonds. The lowest BCUT2D eigenvalue weighted by Gasteiger charge is -2.19. The van der Waals surface area contributed by atoms with Crippen molar-refractivity contribution >= 4 is 29.1 Å². The number of amides is 2. The van der Waals surface area contributed by atoms with Crippen LogP contribution < -0.4 is 15.4 Å². The summed E-state index contributed by atoms with van der Waals surface area (Å²) in [5.74, 6) is -4.90. The number of ether oxygens (including phenoxy) is 1. The maximum absolute atomic E-state index is 14.4. The van der Waals surface area contributed by atoms with E-state index in [0.717, 1.165) is 18.2 Å². The van der Waals surface area contributed by atoms with Gasteiger partial charge in [0.1, 0.15) is 11.6 Å². The summed E-state index contributed by atoms with van der Waals surface area (Å²) in [6.45, 7) is 0. The molecule has 3 aromatic carbocycles. The molecule has 2 N–H and O–H groups in total. The fourth-order valence-electron chi connectivity index (χ4n) is 4.48. The topological polar surface area (TPSA) is 80.3 Å². The number of nitrogens with zero attached hydrogens (tertiary/aromatic N) is 1. The Kier molecular flexibility index (Phi) is 7.12. The summed E-state index contributed by atoms with van der Waals surface area (Å²) >= 11 is 6.28. The zero-order valence-corrected chi connectivity index (χ0v) is 21.4. The van der Waals surface area contributed by atoms with Crippen LogP contribution in [0.15, 0.2) is 60.8 Å². The van der Waals surface area contributed by atoms with Gasteiger partial charge in [0.05, 0.1) is 18.7 Å². The van der Waals surface area contributed by atoms with Gasteiger partial charge in [-0.25, -0.2) is 18.2 Å². The summed E-state index contributed by atoms with van der Waals surface area (Å²) in [5.41, 5.74) is -1.60. The number of aromatic nitrogens is 1. The minimum absolute atomic E-state index is 0.0189. The summed E-state index contributed by atoms with van der Waals surface area (Å²) in [4.78, 5) is 30.1. The molecule has 2 heterocycles. The van der Waals surface area contributed by atoms with Crippen molar-refractivity contribution in [2.24, 2.45) is 0 Å². The zero-order valence-electron chi connectivity index (χ0n) is 20.7. The number of hydrogen-bond donors (Lipinski definition) is 2. The van der Waals surface area contributed by atoms with Crippen LogP contribution in [0.1, 0.15) is 43.4 Å². The van der Waals surface area contributed by atoms with E-state index < -0.39 is 52.6 Å². The highest BCUT2D eigenvalue weighted by molar-refractivity contribution is 6.31. The van der Waals surface area contributed by atoms with Crippen LogP contribution in [0.25, 0.3) is 11.1 Å². The van der Waals surface area contributed by atoms with Crippen LogP contribution in [0.4, 0.5) is 32.0 Å². The van der Waals surface area contributed by atoms with Crippen molar-refractivity contribution in [1.82, 2.24) is 10.3 Å². The average molecular weight is 592 g/mol. The molecule has 5 rings (SSSR count). The lowest BCUT2D eigenvalue weighted by molar-refractivity contribution is -0.137. The van der Waals surface area contributed by atoms with Crippen molar-refractivity contribution in [2.45, 2.75) is 12.2 Å². The molecule has 0 fully saturated rings. The Morgan fingerprint density at radius 1 is 1.00 bits per heavy atom. The van der Waals surface area contributed by atoms with Crippen molar-refractivity contribution in [3.05, 3.63) is 111 Å². The number of fused-ring (bicyclic) bond motifs is 1. The molecule has 1 aromatic heterocycles. The van der Waals surface area contributed by atoms with Crippen molar-refractivity contribution < 1.29 is 40.7 Å². The van der Waals surface area contributed by atoms with E-state index >= 15 is 0 Å². The van der Waals surface area contributed by atoms with Gasteiger partial charge in [-0.3, -0.25) is 9.59 Å². The van der Waals surface area contributed by atoms with Crippen LogP contribution in [0.3, 0.4) is 0 Å². The molecule has 0 bridgehead atoms. The number of anilines is 1. The Morgan fingerprint density at radius 3 is 2.44 bits per heavy atom. The normalized spacial score (nSPS) is 14.4. The Balaban J connectivity index is 1.67. The standard InChI is InChI=1S/C28H16ClF6N3O3/c1-41-27-21(32)7-14(11-36-27)12-6-19-23(24(38-26(19)40)18-10-16(30)2-3-20(18)29)22(8-12)37-25(39)13-4-15(28(33,34)35)9-17(31)5-13/h2-11,24H,1H3,(H,37,39)(H,38,40). The molecule has 0 saturated heterocycles. The first-order chi connectivity index (χ1) is 19.3. The first-order valence-corrected chi connectivity index (χ1v) is 12.1. The van der Waals surface area contributed by atoms with Gasteiger partial charge in [-0.05, 0) is 60.2 Å². The van der Waals surface area contributed by atoms with E-state index in [0.29, 0.717) is 12.1 Å². The highest BCUT2D eigenvalue weighted by Gasteiger charge is 2.36. The highest BCUT2D eigenvalue weighted by Crippen LogP contribution is 2.42. The molecule has 6 nitrogen and oxygen atoms in total. The third kappa shape index (κ3) is 5.42. The molecule has 0 aliphatic carbocycles. The number of pyridine rings is 1. The van der Waals surface area contributed by atoms with Gasteiger partial charge in [0, 0.05) is 44.7 Å². The van der Waals surface area contributed by atoms with Gasteiger partial charge in [0.25, 0.3) is 11.8 Å². The smallest absolute Gasteiger partial charge is 0.416 e. The number of carbonyl (C=O) groups is 2. The second kappa shape index (κ2) is 10.4. The second-order valence-electron chi connectivity index (χ2n) is 8.95. The first-order valence-electron chi connectivity index (χ1n) is 11.7. The maximum atomic E-state index is 14.4. The summed E-state index contributed by atoms with van der Waals surface area (Å²) in [6, 6.07) is 7.44. The molecule has 0 saturated carbocycles. The van der Waals surface area contributed by atoms with E-state index in [1.807, 2.05) is 0 Å². The van der Waals surface area contributed by atoms with E-state index in [2.05, 4.69) is 15.6 Å². The molecule has 0 radical (unpaired) electrons. The Labute approximate surface area is 232 Å². The maximum Gasteiger partial charge on any atom is 0.416 e. The van der Waals surface area contributed by atoms with E-state index in [1.165, 1.54) is 31.5 Å². The lowest BCUT2D eigenvalue weighted by atomic mass is 9.93. The van der Waals surface area contributed by atoms with Gasteiger partial charge in [0.2, 0.25) is 5.88 Å². The van der Waals surface area contributed by atoms with Crippen LogP contribution in [0, 0.1) is 17.5 Å². The monoisotopic (exact) mass is 591 g/mol. The summed E-state index contributed by atoms with van der Waals surface area (Å²) in [7, 11) is 1.22. The third-order valence-corrected chi connectivity index (χ3v) is 6.67. The van der Waals surface area contributed by atoms with Crippen LogP contribution in [-0.4, -0.2) is 23.9 Å². The van der Waals surface area contributed by atoms with Gasteiger partial charge in [-0.15, -0.1) is 0 Å². The molecule has 41 heavy (non-hydrogen) atoms. The van der Waals surface area contributed by atoms with Crippen molar-refractivity contribution in [3.8, 4) is 17.0 Å². The third-order valence-electron chi connectivity index (χ3n) is 6.33. The number of halogens is 7. The number of nitrogens with one attached hydrogen (secondary N) is 2. The van der Waals surface area contributed by atoms with E-state index in [-0.39, 0.29) is 50.5 Å². The van der Waals surface area contributed by atoms with E-state index in [1.54, 1.807) is 0 Å². The minimum atomic E-state index is -4.93. The molecule has 210 valence electrons. The number of rotatable bonds is 5. The van der Waals surface area contributed by atoms with Gasteiger partial charge in [0.15, 0.2) is 5.82 Å². The molecule has 1 aliphatic rings. The summed E-state index contributed by atoms with van der Waals surface area (Å²) in [5, 5.41) is 5.15. The lowest BCUT2D eigenvalue weighted by Crippen LogP contribution is -2.21. The molecular weight excluding hydrogens is 576 g/mol. The highest BCUT2D eigenvalue weighted by atomic mass is 35.5. The average Bonchev–Trinajstić information content (AvgIpc) is 3.25.